The highest BCUT2D eigenvalue weighted by Gasteiger charge is 2.16. The van der Waals surface area contributed by atoms with Crippen LogP contribution in [0.2, 0.25) is 10.0 Å². The fourth-order valence-electron chi connectivity index (χ4n) is 1.66. The van der Waals surface area contributed by atoms with Crippen LogP contribution in [0.15, 0.2) is 30.3 Å². The number of halogens is 5. The highest BCUT2D eigenvalue weighted by molar-refractivity contribution is 6.35. The minimum atomic E-state index is -1.61. The van der Waals surface area contributed by atoms with Crippen LogP contribution >= 0.6 is 23.2 Å². The predicted octanol–water partition coefficient (Wildman–Crippen LogP) is 4.84. The SMILES string of the molecule is O=C(Cc1ccc(Cl)cc1Cl)c1cc(F)c(F)c(F)c1. The lowest BCUT2D eigenvalue weighted by Gasteiger charge is -2.05. The molecule has 1 nitrogen and oxygen atoms in total. The normalized spacial score (nSPS) is 10.7. The smallest absolute Gasteiger partial charge is 0.194 e. The average molecular weight is 319 g/mol. The van der Waals surface area contributed by atoms with Crippen molar-refractivity contribution in [2.75, 3.05) is 0 Å². The number of Topliss-reactive ketones (excluding diaryl/α,β-unsaturated/α-hetero) is 1. The molecule has 0 heterocycles. The highest BCUT2D eigenvalue weighted by atomic mass is 35.5. The molecule has 0 aliphatic carbocycles. The summed E-state index contributed by atoms with van der Waals surface area (Å²) in [5.41, 5.74) is 0.207. The maximum absolute atomic E-state index is 13.1. The van der Waals surface area contributed by atoms with E-state index in [-0.39, 0.29) is 17.0 Å². The van der Waals surface area contributed by atoms with Gasteiger partial charge in [0.05, 0.1) is 0 Å². The molecule has 0 unspecified atom stereocenters. The van der Waals surface area contributed by atoms with Gasteiger partial charge in [0.2, 0.25) is 0 Å². The first-order valence-corrected chi connectivity index (χ1v) is 6.25. The van der Waals surface area contributed by atoms with Gasteiger partial charge in [0, 0.05) is 22.0 Å². The third-order valence-electron chi connectivity index (χ3n) is 2.67. The van der Waals surface area contributed by atoms with Crippen molar-refractivity contribution in [1.82, 2.24) is 0 Å². The fourth-order valence-corrected chi connectivity index (χ4v) is 2.13. The molecule has 20 heavy (non-hydrogen) atoms. The Morgan fingerprint density at radius 1 is 1.00 bits per heavy atom. The summed E-state index contributed by atoms with van der Waals surface area (Å²) >= 11 is 11.6. The van der Waals surface area contributed by atoms with Crippen molar-refractivity contribution >= 4 is 29.0 Å². The van der Waals surface area contributed by atoms with Crippen LogP contribution in [0.4, 0.5) is 13.2 Å². The van der Waals surface area contributed by atoms with E-state index in [1.807, 2.05) is 0 Å². The standard InChI is InChI=1S/C14H7Cl2F3O/c15-9-2-1-7(10(16)6-9)5-13(20)8-3-11(17)14(19)12(18)4-8/h1-4,6H,5H2. The lowest BCUT2D eigenvalue weighted by molar-refractivity contribution is 0.0992. The van der Waals surface area contributed by atoms with Crippen molar-refractivity contribution in [2.45, 2.75) is 6.42 Å². The molecule has 2 rings (SSSR count). The number of carbonyl (C=O) groups excluding carboxylic acids is 1. The van der Waals surface area contributed by atoms with Gasteiger partial charge in [-0.1, -0.05) is 29.3 Å². The molecular formula is C14H7Cl2F3O. The molecule has 0 amide bonds. The van der Waals surface area contributed by atoms with Crippen LogP contribution in [0, 0.1) is 17.5 Å². The molecule has 0 N–H and O–H groups in total. The Labute approximate surface area is 122 Å². The van der Waals surface area contributed by atoms with Crippen molar-refractivity contribution in [3.8, 4) is 0 Å². The van der Waals surface area contributed by atoms with Crippen LogP contribution in [0.3, 0.4) is 0 Å². The Bertz CT molecular complexity index is 663. The van der Waals surface area contributed by atoms with Gasteiger partial charge in [-0.2, -0.15) is 0 Å². The molecule has 0 aromatic heterocycles. The zero-order valence-electron chi connectivity index (χ0n) is 9.89. The molecule has 0 saturated carbocycles. The molecule has 0 bridgehead atoms. The first-order chi connectivity index (χ1) is 9.38. The number of ketones is 1. The Morgan fingerprint density at radius 3 is 2.15 bits per heavy atom. The summed E-state index contributed by atoms with van der Waals surface area (Å²) in [7, 11) is 0. The van der Waals surface area contributed by atoms with E-state index < -0.39 is 23.2 Å². The molecule has 0 atom stereocenters. The quantitative estimate of drug-likeness (QED) is 0.585. The third kappa shape index (κ3) is 3.14. The van der Waals surface area contributed by atoms with E-state index in [9.17, 15) is 18.0 Å². The van der Waals surface area contributed by atoms with Crippen LogP contribution in [0.5, 0.6) is 0 Å². The van der Waals surface area contributed by atoms with Gasteiger partial charge in [0.15, 0.2) is 23.2 Å². The summed E-state index contributed by atoms with van der Waals surface area (Å²) < 4.78 is 38.9. The van der Waals surface area contributed by atoms with E-state index in [1.54, 1.807) is 12.1 Å². The van der Waals surface area contributed by atoms with Crippen LogP contribution in [-0.2, 0) is 6.42 Å². The van der Waals surface area contributed by atoms with E-state index >= 15 is 0 Å². The van der Waals surface area contributed by atoms with Crippen LogP contribution < -0.4 is 0 Å². The van der Waals surface area contributed by atoms with Gasteiger partial charge in [-0.3, -0.25) is 4.79 Å². The number of benzene rings is 2. The lowest BCUT2D eigenvalue weighted by atomic mass is 10.0. The average Bonchev–Trinajstić information content (AvgIpc) is 2.38. The van der Waals surface area contributed by atoms with E-state index in [0.717, 1.165) is 0 Å². The summed E-state index contributed by atoms with van der Waals surface area (Å²) in [6.45, 7) is 0. The van der Waals surface area contributed by atoms with Crippen molar-refractivity contribution in [1.29, 1.82) is 0 Å². The first kappa shape index (κ1) is 14.9. The van der Waals surface area contributed by atoms with E-state index in [0.29, 0.717) is 22.7 Å². The second-order valence-corrected chi connectivity index (χ2v) is 4.93. The molecule has 0 saturated heterocycles. The minimum Gasteiger partial charge on any atom is -0.294 e. The van der Waals surface area contributed by atoms with Crippen LogP contribution in [0.25, 0.3) is 0 Å². The summed E-state index contributed by atoms with van der Waals surface area (Å²) in [6, 6.07) is 5.85. The molecule has 0 radical (unpaired) electrons. The Morgan fingerprint density at radius 2 is 1.60 bits per heavy atom. The van der Waals surface area contributed by atoms with Crippen LogP contribution in [-0.4, -0.2) is 5.78 Å². The summed E-state index contributed by atoms with van der Waals surface area (Å²) in [5, 5.41) is 0.680. The predicted molar refractivity (Wildman–Crippen MR) is 70.8 cm³/mol. The first-order valence-electron chi connectivity index (χ1n) is 5.50. The molecule has 0 spiro atoms. The summed E-state index contributed by atoms with van der Waals surface area (Å²) in [6.07, 6.45) is -0.166. The lowest BCUT2D eigenvalue weighted by Crippen LogP contribution is -2.06. The van der Waals surface area contributed by atoms with Gasteiger partial charge in [0.25, 0.3) is 0 Å². The zero-order valence-corrected chi connectivity index (χ0v) is 11.4. The molecule has 0 aliphatic rings. The fraction of sp³-hybridized carbons (Fsp3) is 0.0714. The van der Waals surface area contributed by atoms with Gasteiger partial charge >= 0.3 is 0 Å². The van der Waals surface area contributed by atoms with Crippen molar-refractivity contribution < 1.29 is 18.0 Å². The number of rotatable bonds is 3. The monoisotopic (exact) mass is 318 g/mol. The Balaban J connectivity index is 2.28. The van der Waals surface area contributed by atoms with E-state index in [1.165, 1.54) is 6.07 Å². The van der Waals surface area contributed by atoms with Gasteiger partial charge < -0.3 is 0 Å². The molecule has 0 fully saturated rings. The maximum Gasteiger partial charge on any atom is 0.194 e. The molecule has 6 heteroatoms. The highest BCUT2D eigenvalue weighted by Crippen LogP contribution is 2.23. The van der Waals surface area contributed by atoms with Crippen LogP contribution in [0.1, 0.15) is 15.9 Å². The van der Waals surface area contributed by atoms with Crippen molar-refractivity contribution in [2.24, 2.45) is 0 Å². The molecule has 0 aliphatic heterocycles. The van der Waals surface area contributed by atoms with E-state index in [4.69, 9.17) is 23.2 Å². The van der Waals surface area contributed by atoms with Gasteiger partial charge in [-0.05, 0) is 29.8 Å². The Hall–Kier alpha value is -1.52. The number of hydrogen-bond acceptors (Lipinski definition) is 1. The summed E-state index contributed by atoms with van der Waals surface area (Å²) in [5.74, 6) is -5.00. The zero-order chi connectivity index (χ0) is 14.9. The maximum atomic E-state index is 13.1. The van der Waals surface area contributed by atoms with Crippen molar-refractivity contribution in [3.63, 3.8) is 0 Å². The number of carbonyl (C=O) groups is 1. The largest absolute Gasteiger partial charge is 0.294 e. The molecular weight excluding hydrogens is 312 g/mol. The van der Waals surface area contributed by atoms with Gasteiger partial charge in [-0.15, -0.1) is 0 Å². The summed E-state index contributed by atoms with van der Waals surface area (Å²) in [4.78, 5) is 11.9. The van der Waals surface area contributed by atoms with Gasteiger partial charge in [0.1, 0.15) is 0 Å². The van der Waals surface area contributed by atoms with Crippen molar-refractivity contribution in [3.05, 3.63) is 69.0 Å². The topological polar surface area (TPSA) is 17.1 Å². The molecule has 2 aromatic rings. The second-order valence-electron chi connectivity index (χ2n) is 4.09. The minimum absolute atomic E-state index is 0.166. The number of hydrogen-bond donors (Lipinski definition) is 0. The second kappa shape index (κ2) is 5.85. The van der Waals surface area contributed by atoms with E-state index in [2.05, 4.69) is 0 Å². The molecule has 2 aromatic carbocycles. The molecule has 104 valence electrons. The van der Waals surface area contributed by atoms with Gasteiger partial charge in [-0.25, -0.2) is 13.2 Å². The Kier molecular flexibility index (Phi) is 4.35. The third-order valence-corrected chi connectivity index (χ3v) is 3.26.